The van der Waals surface area contributed by atoms with Crippen molar-refractivity contribution in [1.29, 1.82) is 0 Å². The Bertz CT molecular complexity index is 935. The fourth-order valence-electron chi connectivity index (χ4n) is 2.33. The van der Waals surface area contributed by atoms with Crippen LogP contribution in [0.2, 0.25) is 0 Å². The highest BCUT2D eigenvalue weighted by atomic mass is 19.1. The molecule has 0 aliphatic heterocycles. The molecule has 3 aromatic rings. The standard InChI is InChI=1S/C17H15FN4O3/c1-24-17(23)21-16-19-13-8-5-11(9-14(13)20-16)15(22-25-2)10-3-6-12(18)7-4-10/h3-9H,1-2H3,(H2,19,20,21,23). The normalized spacial score (nSPS) is 11.4. The number of hydrogen-bond acceptors (Lipinski definition) is 5. The molecule has 0 fully saturated rings. The largest absolute Gasteiger partial charge is 0.453 e. The van der Waals surface area contributed by atoms with Crippen LogP contribution in [0.1, 0.15) is 11.1 Å². The summed E-state index contributed by atoms with van der Waals surface area (Å²) in [6.07, 6.45) is -0.618. The number of halogens is 1. The van der Waals surface area contributed by atoms with Gasteiger partial charge in [0.05, 0.1) is 18.1 Å². The van der Waals surface area contributed by atoms with Crippen LogP contribution in [0, 0.1) is 5.82 Å². The average molecular weight is 342 g/mol. The summed E-state index contributed by atoms with van der Waals surface area (Å²) in [5.41, 5.74) is 3.34. The molecule has 25 heavy (non-hydrogen) atoms. The molecular formula is C17H15FN4O3. The highest BCUT2D eigenvalue weighted by Gasteiger charge is 2.12. The number of methoxy groups -OCH3 is 1. The molecule has 0 unspecified atom stereocenters. The van der Waals surface area contributed by atoms with Crippen LogP contribution in [-0.4, -0.2) is 36.0 Å². The molecule has 1 heterocycles. The molecule has 128 valence electrons. The molecule has 0 atom stereocenters. The van der Waals surface area contributed by atoms with E-state index in [4.69, 9.17) is 4.84 Å². The monoisotopic (exact) mass is 342 g/mol. The van der Waals surface area contributed by atoms with E-state index in [2.05, 4.69) is 25.2 Å². The van der Waals surface area contributed by atoms with Crippen molar-refractivity contribution in [2.75, 3.05) is 19.5 Å². The Morgan fingerprint density at radius 2 is 1.88 bits per heavy atom. The van der Waals surface area contributed by atoms with E-state index in [1.54, 1.807) is 18.2 Å². The Labute approximate surface area is 142 Å². The van der Waals surface area contributed by atoms with E-state index in [1.165, 1.54) is 26.4 Å². The van der Waals surface area contributed by atoms with Gasteiger partial charge in [-0.2, -0.15) is 0 Å². The average Bonchev–Trinajstić information content (AvgIpc) is 3.01. The molecule has 1 aromatic heterocycles. The van der Waals surface area contributed by atoms with Crippen molar-refractivity contribution in [3.05, 3.63) is 59.4 Å². The summed E-state index contributed by atoms with van der Waals surface area (Å²) >= 11 is 0. The third-order valence-electron chi connectivity index (χ3n) is 3.46. The van der Waals surface area contributed by atoms with Gasteiger partial charge in [0.1, 0.15) is 18.6 Å². The first-order valence-electron chi connectivity index (χ1n) is 7.33. The molecule has 3 rings (SSSR count). The minimum Gasteiger partial charge on any atom is -0.453 e. The van der Waals surface area contributed by atoms with Gasteiger partial charge in [-0.25, -0.2) is 14.2 Å². The first kappa shape index (κ1) is 16.4. The maximum absolute atomic E-state index is 13.2. The second-order valence-corrected chi connectivity index (χ2v) is 5.06. The molecular weight excluding hydrogens is 327 g/mol. The van der Waals surface area contributed by atoms with Crippen LogP contribution in [0.5, 0.6) is 0 Å². The summed E-state index contributed by atoms with van der Waals surface area (Å²) in [7, 11) is 2.71. The van der Waals surface area contributed by atoms with Gasteiger partial charge in [0.2, 0.25) is 5.95 Å². The molecule has 1 amide bonds. The Morgan fingerprint density at radius 3 is 2.56 bits per heavy atom. The fourth-order valence-corrected chi connectivity index (χ4v) is 2.33. The van der Waals surface area contributed by atoms with E-state index >= 15 is 0 Å². The maximum atomic E-state index is 13.2. The van der Waals surface area contributed by atoms with Crippen molar-refractivity contribution in [3.63, 3.8) is 0 Å². The number of hydrogen-bond donors (Lipinski definition) is 2. The van der Waals surface area contributed by atoms with Gasteiger partial charge in [0, 0.05) is 11.1 Å². The number of carbonyl (C=O) groups is 1. The van der Waals surface area contributed by atoms with Crippen molar-refractivity contribution < 1.29 is 18.8 Å². The maximum Gasteiger partial charge on any atom is 0.413 e. The number of aromatic nitrogens is 2. The zero-order chi connectivity index (χ0) is 17.8. The number of amides is 1. The van der Waals surface area contributed by atoms with Crippen LogP contribution in [0.15, 0.2) is 47.6 Å². The lowest BCUT2D eigenvalue weighted by molar-refractivity contribution is 0.186. The number of aromatic amines is 1. The number of rotatable bonds is 4. The third-order valence-corrected chi connectivity index (χ3v) is 3.46. The quantitative estimate of drug-likeness (QED) is 0.562. The van der Waals surface area contributed by atoms with Crippen LogP contribution in [0.3, 0.4) is 0 Å². The molecule has 2 N–H and O–H groups in total. The number of nitrogens with one attached hydrogen (secondary N) is 2. The second kappa shape index (κ2) is 7.00. The Morgan fingerprint density at radius 1 is 1.16 bits per heavy atom. The minimum absolute atomic E-state index is 0.269. The summed E-state index contributed by atoms with van der Waals surface area (Å²) in [4.78, 5) is 23.4. The van der Waals surface area contributed by atoms with Crippen molar-refractivity contribution in [3.8, 4) is 0 Å². The smallest absolute Gasteiger partial charge is 0.413 e. The minimum atomic E-state index is -0.618. The van der Waals surface area contributed by atoms with Gasteiger partial charge in [0.15, 0.2) is 0 Å². The van der Waals surface area contributed by atoms with Gasteiger partial charge in [-0.15, -0.1) is 0 Å². The van der Waals surface area contributed by atoms with Crippen molar-refractivity contribution in [1.82, 2.24) is 9.97 Å². The molecule has 0 aliphatic carbocycles. The number of carbonyl (C=O) groups excluding carboxylic acids is 1. The molecule has 8 heteroatoms. The highest BCUT2D eigenvalue weighted by molar-refractivity contribution is 6.13. The first-order chi connectivity index (χ1) is 12.1. The van der Waals surface area contributed by atoms with Gasteiger partial charge in [0.25, 0.3) is 0 Å². The lowest BCUT2D eigenvalue weighted by Gasteiger charge is -2.06. The summed E-state index contributed by atoms with van der Waals surface area (Å²) in [5, 5.41) is 6.51. The predicted molar refractivity (Wildman–Crippen MR) is 91.2 cm³/mol. The second-order valence-electron chi connectivity index (χ2n) is 5.06. The number of nitrogens with zero attached hydrogens (tertiary/aromatic N) is 2. The fraction of sp³-hybridized carbons (Fsp3) is 0.118. The van der Waals surface area contributed by atoms with Gasteiger partial charge in [-0.05, 0) is 36.4 Å². The molecule has 0 saturated heterocycles. The number of anilines is 1. The number of oxime groups is 1. The van der Waals surface area contributed by atoms with E-state index < -0.39 is 6.09 Å². The summed E-state index contributed by atoms with van der Waals surface area (Å²) in [5.74, 6) is -0.0610. The highest BCUT2D eigenvalue weighted by Crippen LogP contribution is 2.19. The van der Waals surface area contributed by atoms with E-state index in [-0.39, 0.29) is 11.8 Å². The van der Waals surface area contributed by atoms with E-state index in [9.17, 15) is 9.18 Å². The third kappa shape index (κ3) is 3.57. The Kier molecular flexibility index (Phi) is 4.60. The molecule has 0 radical (unpaired) electrons. The van der Waals surface area contributed by atoms with Gasteiger partial charge in [-0.3, -0.25) is 5.32 Å². The summed E-state index contributed by atoms with van der Waals surface area (Å²) in [6, 6.07) is 11.3. The number of fused-ring (bicyclic) bond motifs is 1. The van der Waals surface area contributed by atoms with Crippen LogP contribution in [0.4, 0.5) is 15.1 Å². The van der Waals surface area contributed by atoms with Crippen molar-refractivity contribution in [2.45, 2.75) is 0 Å². The lowest BCUT2D eigenvalue weighted by Crippen LogP contribution is -2.11. The van der Waals surface area contributed by atoms with E-state index in [1.807, 2.05) is 12.1 Å². The van der Waals surface area contributed by atoms with Gasteiger partial charge < -0.3 is 14.6 Å². The number of imidazole rings is 1. The number of benzene rings is 2. The van der Waals surface area contributed by atoms with Gasteiger partial charge >= 0.3 is 6.09 Å². The lowest BCUT2D eigenvalue weighted by atomic mass is 10.0. The number of ether oxygens (including phenoxy) is 1. The predicted octanol–water partition coefficient (Wildman–Crippen LogP) is 3.28. The molecule has 2 aromatic carbocycles. The first-order valence-corrected chi connectivity index (χ1v) is 7.33. The number of H-pyrrole nitrogens is 1. The Hall–Kier alpha value is -3.42. The van der Waals surface area contributed by atoms with Crippen LogP contribution in [-0.2, 0) is 9.57 Å². The summed E-state index contributed by atoms with van der Waals surface area (Å²) < 4.78 is 17.7. The van der Waals surface area contributed by atoms with Crippen LogP contribution >= 0.6 is 0 Å². The van der Waals surface area contributed by atoms with E-state index in [0.717, 1.165) is 5.56 Å². The van der Waals surface area contributed by atoms with Crippen LogP contribution < -0.4 is 5.32 Å². The van der Waals surface area contributed by atoms with E-state index in [0.29, 0.717) is 22.3 Å². The topological polar surface area (TPSA) is 88.6 Å². The molecule has 0 spiro atoms. The molecule has 0 aliphatic rings. The van der Waals surface area contributed by atoms with Crippen molar-refractivity contribution in [2.24, 2.45) is 5.16 Å². The zero-order valence-corrected chi connectivity index (χ0v) is 13.5. The Balaban J connectivity index is 1.99. The van der Waals surface area contributed by atoms with Gasteiger partial charge in [-0.1, -0.05) is 11.2 Å². The molecule has 0 saturated carbocycles. The van der Waals surface area contributed by atoms with Crippen LogP contribution in [0.25, 0.3) is 11.0 Å². The molecule has 0 bridgehead atoms. The summed E-state index contributed by atoms with van der Waals surface area (Å²) in [6.45, 7) is 0. The SMILES string of the molecule is CON=C(c1ccc(F)cc1)c1ccc2nc(NC(=O)OC)[nH]c2c1. The molecule has 7 nitrogen and oxygen atoms in total. The zero-order valence-electron chi connectivity index (χ0n) is 13.5. The van der Waals surface area contributed by atoms with Crippen molar-refractivity contribution >= 4 is 28.8 Å².